The van der Waals surface area contributed by atoms with Crippen molar-refractivity contribution >= 4 is 41.5 Å². The van der Waals surface area contributed by atoms with Gasteiger partial charge in [0.15, 0.2) is 5.96 Å². The van der Waals surface area contributed by atoms with Crippen LogP contribution in [0.4, 0.5) is 0 Å². The van der Waals surface area contributed by atoms with Crippen molar-refractivity contribution in [3.63, 3.8) is 0 Å². The lowest BCUT2D eigenvalue weighted by molar-refractivity contribution is 0.308. The van der Waals surface area contributed by atoms with E-state index >= 15 is 0 Å². The van der Waals surface area contributed by atoms with Crippen LogP contribution in [-0.4, -0.2) is 50.6 Å². The molecule has 1 rings (SSSR count). The third-order valence-corrected chi connectivity index (χ3v) is 3.71. The first-order valence-corrected chi connectivity index (χ1v) is 7.98. The Bertz CT molecular complexity index is 419. The molecule has 0 radical (unpaired) electrons. The molecule has 0 saturated carbocycles. The van der Waals surface area contributed by atoms with Gasteiger partial charge in [0.1, 0.15) is 0 Å². The molecule has 0 spiro atoms. The van der Waals surface area contributed by atoms with Gasteiger partial charge in [0.25, 0.3) is 0 Å². The molecule has 0 bridgehead atoms. The van der Waals surface area contributed by atoms with Gasteiger partial charge in [-0.05, 0) is 37.2 Å². The Morgan fingerprint density at radius 2 is 1.68 bits per heavy atom. The second-order valence-corrected chi connectivity index (χ2v) is 5.27. The third-order valence-electron chi connectivity index (χ3n) is 3.46. The first-order valence-electron chi connectivity index (χ1n) is 7.60. The normalized spacial score (nSPS) is 11.2. The van der Waals surface area contributed by atoms with Gasteiger partial charge >= 0.3 is 0 Å². The topological polar surface area (TPSA) is 39.7 Å². The number of guanidine groups is 1. The summed E-state index contributed by atoms with van der Waals surface area (Å²) in [5.41, 5.74) is 1.27. The van der Waals surface area contributed by atoms with Gasteiger partial charge in [-0.2, -0.15) is 0 Å². The molecule has 1 aromatic rings. The number of rotatable bonds is 8. The van der Waals surface area contributed by atoms with Gasteiger partial charge < -0.3 is 15.5 Å². The number of hydrogen-bond acceptors (Lipinski definition) is 2. The van der Waals surface area contributed by atoms with Gasteiger partial charge in [-0.3, -0.25) is 4.99 Å². The van der Waals surface area contributed by atoms with Crippen molar-refractivity contribution in [2.45, 2.75) is 20.3 Å². The molecule has 0 aliphatic carbocycles. The van der Waals surface area contributed by atoms with Crippen LogP contribution < -0.4 is 10.6 Å². The van der Waals surface area contributed by atoms with Crippen LogP contribution in [0.2, 0.25) is 5.02 Å². The molecule has 0 aliphatic heterocycles. The zero-order chi connectivity index (χ0) is 15.5. The minimum atomic E-state index is 0. The summed E-state index contributed by atoms with van der Waals surface area (Å²) in [7, 11) is 1.80. The van der Waals surface area contributed by atoms with Crippen LogP contribution in [0, 0.1) is 0 Å². The molecule has 22 heavy (non-hydrogen) atoms. The predicted molar refractivity (Wildman–Crippen MR) is 108 cm³/mol. The van der Waals surface area contributed by atoms with Crippen LogP contribution in [0.5, 0.6) is 0 Å². The molecular weight excluding hydrogens is 411 g/mol. The standard InChI is InChI=1S/C16H27ClN4.HI/c1-4-21(5-2)13-12-20-16(18-3)19-11-10-14-6-8-15(17)9-7-14;/h6-9H,4-5,10-13H2,1-3H3,(H2,18,19,20);1H. The first kappa shape index (κ1) is 21.5. The van der Waals surface area contributed by atoms with E-state index in [0.29, 0.717) is 0 Å². The molecule has 0 saturated heterocycles. The van der Waals surface area contributed by atoms with Gasteiger partial charge in [-0.1, -0.05) is 37.6 Å². The molecule has 6 heteroatoms. The fourth-order valence-corrected chi connectivity index (χ4v) is 2.20. The number of hydrogen-bond donors (Lipinski definition) is 2. The lowest BCUT2D eigenvalue weighted by Gasteiger charge is -2.19. The SMILES string of the molecule is CCN(CC)CCNC(=NC)NCCc1ccc(Cl)cc1.I. The number of benzene rings is 1. The molecule has 0 fully saturated rings. The van der Waals surface area contributed by atoms with E-state index in [4.69, 9.17) is 11.6 Å². The Morgan fingerprint density at radius 1 is 1.09 bits per heavy atom. The summed E-state index contributed by atoms with van der Waals surface area (Å²) < 4.78 is 0. The van der Waals surface area contributed by atoms with Crippen LogP contribution in [0.3, 0.4) is 0 Å². The van der Waals surface area contributed by atoms with Crippen molar-refractivity contribution < 1.29 is 0 Å². The highest BCUT2D eigenvalue weighted by Gasteiger charge is 2.01. The number of nitrogens with zero attached hydrogens (tertiary/aromatic N) is 2. The van der Waals surface area contributed by atoms with Gasteiger partial charge in [-0.25, -0.2) is 0 Å². The Hall–Kier alpha value is -0.530. The van der Waals surface area contributed by atoms with Crippen molar-refractivity contribution in [1.29, 1.82) is 0 Å². The molecule has 0 heterocycles. The van der Waals surface area contributed by atoms with Crippen molar-refractivity contribution in [2.24, 2.45) is 4.99 Å². The maximum absolute atomic E-state index is 5.88. The second kappa shape index (κ2) is 13.0. The van der Waals surface area contributed by atoms with E-state index in [2.05, 4.69) is 46.5 Å². The lowest BCUT2D eigenvalue weighted by atomic mass is 10.1. The maximum atomic E-state index is 5.88. The highest BCUT2D eigenvalue weighted by atomic mass is 127. The first-order chi connectivity index (χ1) is 10.2. The van der Waals surface area contributed by atoms with Crippen LogP contribution in [0.1, 0.15) is 19.4 Å². The van der Waals surface area contributed by atoms with Crippen molar-refractivity contribution in [3.05, 3.63) is 34.9 Å². The van der Waals surface area contributed by atoms with Crippen LogP contribution in [0.25, 0.3) is 0 Å². The van der Waals surface area contributed by atoms with Crippen LogP contribution >= 0.6 is 35.6 Å². The Kier molecular flexibility index (Phi) is 12.6. The van der Waals surface area contributed by atoms with Gasteiger partial charge in [0, 0.05) is 31.7 Å². The predicted octanol–water partition coefficient (Wildman–Crippen LogP) is 3.01. The monoisotopic (exact) mass is 438 g/mol. The van der Waals surface area contributed by atoms with E-state index in [-0.39, 0.29) is 24.0 Å². The van der Waals surface area contributed by atoms with E-state index < -0.39 is 0 Å². The summed E-state index contributed by atoms with van der Waals surface area (Å²) in [6.45, 7) is 9.33. The van der Waals surface area contributed by atoms with E-state index in [9.17, 15) is 0 Å². The minimum Gasteiger partial charge on any atom is -0.356 e. The summed E-state index contributed by atoms with van der Waals surface area (Å²) in [6, 6.07) is 7.96. The summed E-state index contributed by atoms with van der Waals surface area (Å²) in [5.74, 6) is 0.858. The van der Waals surface area contributed by atoms with E-state index in [1.54, 1.807) is 7.05 Å². The summed E-state index contributed by atoms with van der Waals surface area (Å²) in [5, 5.41) is 7.45. The fourth-order valence-electron chi connectivity index (χ4n) is 2.07. The zero-order valence-electron chi connectivity index (χ0n) is 13.7. The van der Waals surface area contributed by atoms with E-state index in [1.807, 2.05) is 12.1 Å². The molecule has 2 N–H and O–H groups in total. The molecule has 4 nitrogen and oxygen atoms in total. The van der Waals surface area contributed by atoms with Gasteiger partial charge in [0.05, 0.1) is 0 Å². The van der Waals surface area contributed by atoms with Gasteiger partial charge in [0.2, 0.25) is 0 Å². The van der Waals surface area contributed by atoms with E-state index in [1.165, 1.54) is 5.56 Å². The highest BCUT2D eigenvalue weighted by molar-refractivity contribution is 14.0. The molecule has 0 amide bonds. The average Bonchev–Trinajstić information content (AvgIpc) is 2.51. The van der Waals surface area contributed by atoms with Crippen molar-refractivity contribution in [1.82, 2.24) is 15.5 Å². The number of halogens is 2. The molecular formula is C16H28ClIN4. The number of aliphatic imine (C=N–C) groups is 1. The molecule has 1 aromatic carbocycles. The fraction of sp³-hybridized carbons (Fsp3) is 0.562. The highest BCUT2D eigenvalue weighted by Crippen LogP contribution is 2.09. The maximum Gasteiger partial charge on any atom is 0.191 e. The third kappa shape index (κ3) is 8.80. The molecule has 126 valence electrons. The van der Waals surface area contributed by atoms with E-state index in [0.717, 1.165) is 50.1 Å². The van der Waals surface area contributed by atoms with Gasteiger partial charge in [-0.15, -0.1) is 24.0 Å². The molecule has 0 unspecified atom stereocenters. The zero-order valence-corrected chi connectivity index (χ0v) is 16.8. The summed E-state index contributed by atoms with van der Waals surface area (Å²) in [6.07, 6.45) is 0.952. The molecule has 0 atom stereocenters. The molecule has 0 aliphatic rings. The Balaban J connectivity index is 0.00000441. The van der Waals surface area contributed by atoms with Crippen LogP contribution in [0.15, 0.2) is 29.3 Å². The lowest BCUT2D eigenvalue weighted by Crippen LogP contribution is -2.42. The van der Waals surface area contributed by atoms with Crippen LogP contribution in [-0.2, 0) is 6.42 Å². The number of likely N-dealkylation sites (N-methyl/N-ethyl adjacent to an activating group) is 1. The largest absolute Gasteiger partial charge is 0.356 e. The second-order valence-electron chi connectivity index (χ2n) is 4.83. The smallest absolute Gasteiger partial charge is 0.191 e. The number of nitrogens with one attached hydrogen (secondary N) is 2. The Labute approximate surface area is 156 Å². The van der Waals surface area contributed by atoms with Crippen molar-refractivity contribution in [3.8, 4) is 0 Å². The average molecular weight is 439 g/mol. The summed E-state index contributed by atoms with van der Waals surface area (Å²) in [4.78, 5) is 6.62. The quantitative estimate of drug-likeness (QED) is 0.372. The Morgan fingerprint density at radius 3 is 2.23 bits per heavy atom. The molecule has 0 aromatic heterocycles. The minimum absolute atomic E-state index is 0. The summed E-state index contributed by atoms with van der Waals surface area (Å²) >= 11 is 5.88. The van der Waals surface area contributed by atoms with Crippen molar-refractivity contribution in [2.75, 3.05) is 39.8 Å².